The van der Waals surface area contributed by atoms with Crippen LogP contribution in [0.3, 0.4) is 0 Å². The lowest BCUT2D eigenvalue weighted by Crippen LogP contribution is -2.49. The minimum absolute atomic E-state index is 0.0118. The third-order valence-corrected chi connectivity index (χ3v) is 4.58. The van der Waals surface area contributed by atoms with Crippen LogP contribution in [0.2, 0.25) is 5.02 Å². The molecule has 3 aromatic rings. The van der Waals surface area contributed by atoms with Gasteiger partial charge in [-0.1, -0.05) is 78.3 Å². The van der Waals surface area contributed by atoms with Gasteiger partial charge in [0, 0.05) is 10.6 Å². The molecule has 0 aromatic heterocycles. The number of amides is 2. The molecule has 0 aliphatic rings. The van der Waals surface area contributed by atoms with Gasteiger partial charge in [0.05, 0.1) is 5.92 Å². The molecule has 0 aliphatic heterocycles. The van der Waals surface area contributed by atoms with Crippen molar-refractivity contribution in [3.05, 3.63) is 107 Å². The van der Waals surface area contributed by atoms with Crippen molar-refractivity contribution in [3.63, 3.8) is 0 Å². The number of hydrogen-bond donors (Lipinski definition) is 3. The Kier molecular flexibility index (Phi) is 6.94. The SMILES string of the molecule is O=C(NNC(=S)NC(=O)C(c1ccccc1)c1ccccc1)c1cccc(Cl)c1. The van der Waals surface area contributed by atoms with Crippen LogP contribution in [0.4, 0.5) is 0 Å². The minimum Gasteiger partial charge on any atom is -0.301 e. The Morgan fingerprint density at radius 1 is 0.793 bits per heavy atom. The lowest BCUT2D eigenvalue weighted by atomic mass is 9.90. The largest absolute Gasteiger partial charge is 0.301 e. The Hall–Kier alpha value is -3.22. The summed E-state index contributed by atoms with van der Waals surface area (Å²) in [5.41, 5.74) is 7.03. The molecule has 3 N–H and O–H groups in total. The topological polar surface area (TPSA) is 70.2 Å². The van der Waals surface area contributed by atoms with E-state index in [0.29, 0.717) is 10.6 Å². The molecule has 29 heavy (non-hydrogen) atoms. The maximum absolute atomic E-state index is 12.9. The first-order valence-corrected chi connectivity index (χ1v) is 9.60. The fourth-order valence-electron chi connectivity index (χ4n) is 2.82. The molecule has 0 saturated heterocycles. The number of benzene rings is 3. The highest BCUT2D eigenvalue weighted by atomic mass is 35.5. The van der Waals surface area contributed by atoms with Crippen LogP contribution in [-0.4, -0.2) is 16.9 Å². The zero-order valence-electron chi connectivity index (χ0n) is 15.3. The molecule has 0 radical (unpaired) electrons. The Morgan fingerprint density at radius 3 is 1.93 bits per heavy atom. The molecule has 2 amide bonds. The van der Waals surface area contributed by atoms with Crippen LogP contribution >= 0.6 is 23.8 Å². The van der Waals surface area contributed by atoms with E-state index in [1.165, 1.54) is 6.07 Å². The summed E-state index contributed by atoms with van der Waals surface area (Å²) in [4.78, 5) is 25.1. The first-order valence-electron chi connectivity index (χ1n) is 8.81. The van der Waals surface area contributed by atoms with Crippen LogP contribution < -0.4 is 16.2 Å². The summed E-state index contributed by atoms with van der Waals surface area (Å²) < 4.78 is 0. The van der Waals surface area contributed by atoms with Crippen LogP contribution in [0.1, 0.15) is 27.4 Å². The molecular formula is C22H18ClN3O2S. The molecule has 5 nitrogen and oxygen atoms in total. The molecule has 0 atom stereocenters. The zero-order valence-corrected chi connectivity index (χ0v) is 16.8. The van der Waals surface area contributed by atoms with E-state index in [1.54, 1.807) is 18.2 Å². The number of nitrogens with one attached hydrogen (secondary N) is 3. The summed E-state index contributed by atoms with van der Waals surface area (Å²) in [5, 5.41) is 3.07. The van der Waals surface area contributed by atoms with Crippen molar-refractivity contribution in [1.29, 1.82) is 0 Å². The highest BCUT2D eigenvalue weighted by Gasteiger charge is 2.23. The maximum atomic E-state index is 12.9. The van der Waals surface area contributed by atoms with Gasteiger partial charge >= 0.3 is 0 Å². The summed E-state index contributed by atoms with van der Waals surface area (Å²) in [7, 11) is 0. The molecule has 146 valence electrons. The molecule has 0 fully saturated rings. The van der Waals surface area contributed by atoms with Gasteiger partial charge in [-0.25, -0.2) is 0 Å². The monoisotopic (exact) mass is 423 g/mol. The van der Waals surface area contributed by atoms with Gasteiger partial charge in [0.2, 0.25) is 5.91 Å². The second-order valence-corrected chi connectivity index (χ2v) is 7.01. The van der Waals surface area contributed by atoms with Gasteiger partial charge < -0.3 is 5.32 Å². The molecular weight excluding hydrogens is 406 g/mol. The van der Waals surface area contributed by atoms with E-state index in [0.717, 1.165) is 11.1 Å². The van der Waals surface area contributed by atoms with Crippen LogP contribution in [0, 0.1) is 0 Å². The van der Waals surface area contributed by atoms with Crippen LogP contribution in [0.5, 0.6) is 0 Å². The van der Waals surface area contributed by atoms with E-state index < -0.39 is 11.8 Å². The highest BCUT2D eigenvalue weighted by molar-refractivity contribution is 7.80. The number of hydrogen-bond acceptors (Lipinski definition) is 3. The lowest BCUT2D eigenvalue weighted by Gasteiger charge is -2.18. The Morgan fingerprint density at radius 2 is 1.38 bits per heavy atom. The van der Waals surface area contributed by atoms with Gasteiger partial charge in [0.25, 0.3) is 5.91 Å². The number of hydrazine groups is 1. The van der Waals surface area contributed by atoms with Crippen molar-refractivity contribution >= 4 is 40.7 Å². The number of thiocarbonyl (C=S) groups is 1. The molecule has 0 aliphatic carbocycles. The highest BCUT2D eigenvalue weighted by Crippen LogP contribution is 2.24. The summed E-state index contributed by atoms with van der Waals surface area (Å²) in [5.74, 6) is -1.27. The van der Waals surface area contributed by atoms with Gasteiger partial charge in [-0.15, -0.1) is 0 Å². The third-order valence-electron chi connectivity index (χ3n) is 4.14. The van der Waals surface area contributed by atoms with Gasteiger partial charge in [-0.2, -0.15) is 0 Å². The number of rotatable bonds is 4. The fourth-order valence-corrected chi connectivity index (χ4v) is 3.16. The van der Waals surface area contributed by atoms with Crippen molar-refractivity contribution < 1.29 is 9.59 Å². The molecule has 3 rings (SSSR count). The average molecular weight is 424 g/mol. The van der Waals surface area contributed by atoms with Gasteiger partial charge in [0.15, 0.2) is 5.11 Å². The van der Waals surface area contributed by atoms with E-state index >= 15 is 0 Å². The second kappa shape index (κ2) is 9.82. The van der Waals surface area contributed by atoms with Gasteiger partial charge in [0.1, 0.15) is 0 Å². The molecule has 0 heterocycles. The summed E-state index contributed by atoms with van der Waals surface area (Å²) in [6, 6.07) is 25.3. The molecule has 0 spiro atoms. The Bertz CT molecular complexity index is 973. The van der Waals surface area contributed by atoms with Gasteiger partial charge in [-0.05, 0) is 41.5 Å². The first-order chi connectivity index (χ1) is 14.0. The standard InChI is InChI=1S/C22H18ClN3O2S/c23-18-13-7-12-17(14-18)20(27)25-26-22(29)24-21(28)19(15-8-3-1-4-9-15)16-10-5-2-6-11-16/h1-14,19H,(H,25,27)(H2,24,26,28,29). The molecule has 3 aromatic carbocycles. The number of carbonyl (C=O) groups excluding carboxylic acids is 2. The maximum Gasteiger partial charge on any atom is 0.269 e. The van der Waals surface area contributed by atoms with Crippen molar-refractivity contribution in [1.82, 2.24) is 16.2 Å². The van der Waals surface area contributed by atoms with E-state index in [1.807, 2.05) is 60.7 Å². The van der Waals surface area contributed by atoms with Crippen molar-refractivity contribution in [2.75, 3.05) is 0 Å². The number of halogens is 1. The molecule has 7 heteroatoms. The predicted octanol–water partition coefficient (Wildman–Crippen LogP) is 3.81. The van der Waals surface area contributed by atoms with Crippen LogP contribution in [0.15, 0.2) is 84.9 Å². The summed E-state index contributed by atoms with van der Waals surface area (Å²) in [6.45, 7) is 0. The van der Waals surface area contributed by atoms with Crippen molar-refractivity contribution in [3.8, 4) is 0 Å². The zero-order chi connectivity index (χ0) is 20.6. The molecule has 0 bridgehead atoms. The van der Waals surface area contributed by atoms with Crippen LogP contribution in [-0.2, 0) is 4.79 Å². The lowest BCUT2D eigenvalue weighted by molar-refractivity contribution is -0.120. The first kappa shape index (κ1) is 20.5. The smallest absolute Gasteiger partial charge is 0.269 e. The predicted molar refractivity (Wildman–Crippen MR) is 118 cm³/mol. The van der Waals surface area contributed by atoms with E-state index in [2.05, 4.69) is 16.2 Å². The normalized spacial score (nSPS) is 10.3. The average Bonchev–Trinajstić information content (AvgIpc) is 2.74. The minimum atomic E-state index is -0.541. The fraction of sp³-hybridized carbons (Fsp3) is 0.0455. The van der Waals surface area contributed by atoms with Crippen molar-refractivity contribution in [2.45, 2.75) is 5.92 Å². The molecule has 0 unspecified atom stereocenters. The second-order valence-electron chi connectivity index (χ2n) is 6.16. The van der Waals surface area contributed by atoms with Gasteiger partial charge in [-0.3, -0.25) is 20.4 Å². The summed E-state index contributed by atoms with van der Waals surface area (Å²) >= 11 is 11.0. The van der Waals surface area contributed by atoms with E-state index in [4.69, 9.17) is 23.8 Å². The quantitative estimate of drug-likeness (QED) is 0.441. The Balaban J connectivity index is 1.66. The van der Waals surface area contributed by atoms with E-state index in [9.17, 15) is 9.59 Å². The molecule has 0 saturated carbocycles. The number of carbonyl (C=O) groups is 2. The third kappa shape index (κ3) is 5.63. The van der Waals surface area contributed by atoms with Crippen LogP contribution in [0.25, 0.3) is 0 Å². The van der Waals surface area contributed by atoms with E-state index in [-0.39, 0.29) is 11.0 Å². The van der Waals surface area contributed by atoms with Crippen molar-refractivity contribution in [2.24, 2.45) is 0 Å². The summed E-state index contributed by atoms with van der Waals surface area (Å²) in [6.07, 6.45) is 0. The Labute approximate surface area is 179 Å².